The normalized spacial score (nSPS) is 18.9. The highest BCUT2D eigenvalue weighted by molar-refractivity contribution is 5.36. The number of nitro groups is 1. The highest BCUT2D eigenvalue weighted by atomic mass is 16.6. The Bertz CT molecular complexity index is 685. The number of fused-ring (bicyclic) bond motifs is 1. The first-order chi connectivity index (χ1) is 10.6. The standard InChI is InChI=1S/C17H18N2O3/c1-18-11-13-4-2-3-5-15(13)16(18)10-17(20)12-6-8-14(9-7-12)19(21)22/h2-9,16-17,20H,10-11H2,1H3/t16-,17-/m0/s1. The molecule has 2 aromatic rings. The Morgan fingerprint density at radius 1 is 1.27 bits per heavy atom. The number of hydrogen-bond donors (Lipinski definition) is 1. The second kappa shape index (κ2) is 5.87. The van der Waals surface area contributed by atoms with Gasteiger partial charge in [-0.2, -0.15) is 0 Å². The number of non-ortho nitro benzene ring substituents is 1. The Balaban J connectivity index is 1.77. The summed E-state index contributed by atoms with van der Waals surface area (Å²) in [5.74, 6) is 0. The number of rotatable bonds is 4. The monoisotopic (exact) mass is 298 g/mol. The van der Waals surface area contributed by atoms with E-state index in [1.165, 1.54) is 23.3 Å². The number of aliphatic hydroxyl groups is 1. The van der Waals surface area contributed by atoms with Gasteiger partial charge in [0.25, 0.3) is 5.69 Å². The van der Waals surface area contributed by atoms with Gasteiger partial charge in [-0.1, -0.05) is 24.3 Å². The van der Waals surface area contributed by atoms with Gasteiger partial charge in [0.05, 0.1) is 11.0 Å². The van der Waals surface area contributed by atoms with E-state index in [2.05, 4.69) is 17.0 Å². The smallest absolute Gasteiger partial charge is 0.269 e. The molecule has 114 valence electrons. The largest absolute Gasteiger partial charge is 0.388 e. The van der Waals surface area contributed by atoms with Gasteiger partial charge in [0.2, 0.25) is 0 Å². The van der Waals surface area contributed by atoms with Gasteiger partial charge in [-0.3, -0.25) is 15.0 Å². The van der Waals surface area contributed by atoms with Crippen LogP contribution < -0.4 is 0 Å². The van der Waals surface area contributed by atoms with Crippen molar-refractivity contribution >= 4 is 5.69 Å². The summed E-state index contributed by atoms with van der Waals surface area (Å²) < 4.78 is 0. The minimum atomic E-state index is -0.639. The third-order valence-corrected chi connectivity index (χ3v) is 4.30. The molecule has 2 atom stereocenters. The number of hydrogen-bond acceptors (Lipinski definition) is 4. The van der Waals surface area contributed by atoms with Crippen LogP contribution >= 0.6 is 0 Å². The predicted octanol–water partition coefficient (Wildman–Crippen LogP) is 3.21. The molecule has 0 fully saturated rings. The van der Waals surface area contributed by atoms with E-state index in [4.69, 9.17) is 0 Å². The van der Waals surface area contributed by atoms with Crippen LogP contribution in [0.5, 0.6) is 0 Å². The summed E-state index contributed by atoms with van der Waals surface area (Å²) in [4.78, 5) is 12.5. The molecule has 0 amide bonds. The Kier molecular flexibility index (Phi) is 3.92. The average molecular weight is 298 g/mol. The van der Waals surface area contributed by atoms with E-state index in [1.807, 2.05) is 19.2 Å². The first-order valence-corrected chi connectivity index (χ1v) is 7.26. The molecule has 0 unspecified atom stereocenters. The molecule has 1 aliphatic rings. The van der Waals surface area contributed by atoms with Crippen molar-refractivity contribution in [3.63, 3.8) is 0 Å². The molecule has 0 spiro atoms. The van der Waals surface area contributed by atoms with Gasteiger partial charge in [-0.05, 0) is 42.3 Å². The van der Waals surface area contributed by atoms with Gasteiger partial charge in [0.1, 0.15) is 0 Å². The summed E-state index contributed by atoms with van der Waals surface area (Å²) in [6, 6.07) is 14.6. The van der Waals surface area contributed by atoms with Gasteiger partial charge < -0.3 is 5.11 Å². The Labute approximate surface area is 129 Å². The quantitative estimate of drug-likeness (QED) is 0.695. The van der Waals surface area contributed by atoms with Gasteiger partial charge in [0.15, 0.2) is 0 Å². The molecule has 3 rings (SSSR count). The fourth-order valence-corrected chi connectivity index (χ4v) is 3.09. The fraction of sp³-hybridized carbons (Fsp3) is 0.294. The van der Waals surface area contributed by atoms with E-state index in [9.17, 15) is 15.2 Å². The van der Waals surface area contributed by atoms with Crippen molar-refractivity contribution in [1.29, 1.82) is 0 Å². The summed E-state index contributed by atoms with van der Waals surface area (Å²) in [6.07, 6.45) is -0.0647. The van der Waals surface area contributed by atoms with Crippen molar-refractivity contribution in [2.45, 2.75) is 25.1 Å². The lowest BCUT2D eigenvalue weighted by Gasteiger charge is -2.23. The topological polar surface area (TPSA) is 66.6 Å². The van der Waals surface area contributed by atoms with Crippen molar-refractivity contribution in [3.05, 3.63) is 75.3 Å². The molecule has 0 aromatic heterocycles. The lowest BCUT2D eigenvalue weighted by Crippen LogP contribution is -2.19. The molecular formula is C17H18N2O3. The van der Waals surface area contributed by atoms with E-state index in [0.717, 1.165) is 6.54 Å². The van der Waals surface area contributed by atoms with E-state index in [-0.39, 0.29) is 11.7 Å². The zero-order valence-corrected chi connectivity index (χ0v) is 12.3. The molecule has 1 aliphatic heterocycles. The Morgan fingerprint density at radius 3 is 2.64 bits per heavy atom. The number of nitrogens with zero attached hydrogens (tertiary/aromatic N) is 2. The van der Waals surface area contributed by atoms with Crippen LogP contribution in [0.2, 0.25) is 0 Å². The van der Waals surface area contributed by atoms with Crippen molar-refractivity contribution in [2.24, 2.45) is 0 Å². The van der Waals surface area contributed by atoms with Crippen LogP contribution in [0.4, 0.5) is 5.69 Å². The van der Waals surface area contributed by atoms with Crippen LogP contribution in [0.25, 0.3) is 0 Å². The average Bonchev–Trinajstić information content (AvgIpc) is 2.83. The van der Waals surface area contributed by atoms with Crippen LogP contribution in [0.15, 0.2) is 48.5 Å². The van der Waals surface area contributed by atoms with Crippen molar-refractivity contribution in [1.82, 2.24) is 4.90 Å². The summed E-state index contributed by atoms with van der Waals surface area (Å²) in [7, 11) is 2.05. The van der Waals surface area contributed by atoms with Crippen molar-refractivity contribution < 1.29 is 10.0 Å². The molecule has 0 saturated heterocycles. The van der Waals surface area contributed by atoms with Gasteiger partial charge in [-0.15, -0.1) is 0 Å². The van der Waals surface area contributed by atoms with Crippen LogP contribution in [-0.2, 0) is 6.54 Å². The van der Waals surface area contributed by atoms with E-state index < -0.39 is 11.0 Å². The second-order valence-electron chi connectivity index (χ2n) is 5.73. The summed E-state index contributed by atoms with van der Waals surface area (Å²) in [5.41, 5.74) is 3.31. The van der Waals surface area contributed by atoms with E-state index in [0.29, 0.717) is 12.0 Å². The van der Waals surface area contributed by atoms with Crippen LogP contribution in [0, 0.1) is 10.1 Å². The number of aliphatic hydroxyl groups excluding tert-OH is 1. The summed E-state index contributed by atoms with van der Waals surface area (Å²) in [5, 5.41) is 21.1. The maximum absolute atomic E-state index is 10.7. The molecule has 0 saturated carbocycles. The molecular weight excluding hydrogens is 280 g/mol. The molecule has 5 heteroatoms. The maximum atomic E-state index is 10.7. The molecule has 0 radical (unpaired) electrons. The Hall–Kier alpha value is -2.24. The van der Waals surface area contributed by atoms with Gasteiger partial charge in [-0.25, -0.2) is 0 Å². The van der Waals surface area contributed by atoms with Gasteiger partial charge in [0, 0.05) is 24.7 Å². The van der Waals surface area contributed by atoms with Gasteiger partial charge >= 0.3 is 0 Å². The predicted molar refractivity (Wildman–Crippen MR) is 83.3 cm³/mol. The Morgan fingerprint density at radius 2 is 1.95 bits per heavy atom. The minimum absolute atomic E-state index is 0.0410. The first kappa shape index (κ1) is 14.7. The minimum Gasteiger partial charge on any atom is -0.388 e. The zero-order chi connectivity index (χ0) is 15.7. The number of benzene rings is 2. The lowest BCUT2D eigenvalue weighted by atomic mass is 9.96. The first-order valence-electron chi connectivity index (χ1n) is 7.26. The highest BCUT2D eigenvalue weighted by Crippen LogP contribution is 2.38. The molecule has 22 heavy (non-hydrogen) atoms. The molecule has 2 aromatic carbocycles. The fourth-order valence-electron chi connectivity index (χ4n) is 3.09. The summed E-state index contributed by atoms with van der Waals surface area (Å²) in [6.45, 7) is 0.883. The van der Waals surface area contributed by atoms with Crippen LogP contribution in [0.3, 0.4) is 0 Å². The third-order valence-electron chi connectivity index (χ3n) is 4.30. The van der Waals surface area contributed by atoms with E-state index in [1.54, 1.807) is 12.1 Å². The van der Waals surface area contributed by atoms with E-state index >= 15 is 0 Å². The third kappa shape index (κ3) is 2.73. The summed E-state index contributed by atoms with van der Waals surface area (Å²) >= 11 is 0. The second-order valence-corrected chi connectivity index (χ2v) is 5.73. The number of nitro benzene ring substituents is 1. The molecule has 1 heterocycles. The van der Waals surface area contributed by atoms with Crippen LogP contribution in [-0.4, -0.2) is 22.0 Å². The van der Waals surface area contributed by atoms with Crippen LogP contribution in [0.1, 0.15) is 35.3 Å². The molecule has 1 N–H and O–H groups in total. The maximum Gasteiger partial charge on any atom is 0.269 e. The van der Waals surface area contributed by atoms with Crippen molar-refractivity contribution in [2.75, 3.05) is 7.05 Å². The molecule has 5 nitrogen and oxygen atoms in total. The SMILES string of the molecule is CN1Cc2ccccc2[C@@H]1C[C@H](O)c1ccc([N+](=O)[O-])cc1. The molecule has 0 aliphatic carbocycles. The highest BCUT2D eigenvalue weighted by Gasteiger charge is 2.29. The zero-order valence-electron chi connectivity index (χ0n) is 12.3. The van der Waals surface area contributed by atoms with Crippen molar-refractivity contribution in [3.8, 4) is 0 Å². The molecule has 0 bridgehead atoms. The lowest BCUT2D eigenvalue weighted by molar-refractivity contribution is -0.384.